The molecule has 7 heteroatoms. The summed E-state index contributed by atoms with van der Waals surface area (Å²) in [5.74, 6) is -1.02. The minimum Gasteiger partial charge on any atom is -0.448 e. The normalized spacial score (nSPS) is 21.9. The molecule has 1 saturated heterocycles. The summed E-state index contributed by atoms with van der Waals surface area (Å²) >= 11 is 0. The van der Waals surface area contributed by atoms with Crippen molar-refractivity contribution in [2.45, 2.75) is 18.6 Å². The van der Waals surface area contributed by atoms with Gasteiger partial charge in [0.2, 0.25) is 0 Å². The molecular weight excluding hydrogens is 294 g/mol. The van der Waals surface area contributed by atoms with Gasteiger partial charge in [0, 0.05) is 38.8 Å². The number of aliphatic hydroxyl groups excluding tert-OH is 1. The number of amides is 1. The number of carbonyl (C=O) groups excluding carboxylic acids is 1. The fourth-order valence-electron chi connectivity index (χ4n) is 2.60. The van der Waals surface area contributed by atoms with Crippen LogP contribution in [0.1, 0.15) is 18.0 Å². The Hall–Kier alpha value is -1.73. The molecule has 0 radical (unpaired) electrons. The third-order valence-corrected chi connectivity index (χ3v) is 3.67. The Balaban J connectivity index is 2.03. The average molecular weight is 314 g/mol. The summed E-state index contributed by atoms with van der Waals surface area (Å²) in [6, 6.07) is 2.87. The van der Waals surface area contributed by atoms with Gasteiger partial charge in [0.1, 0.15) is 18.2 Å². The van der Waals surface area contributed by atoms with Crippen LogP contribution in [-0.4, -0.2) is 60.9 Å². The summed E-state index contributed by atoms with van der Waals surface area (Å²) in [6.07, 6.45) is -0.757. The second-order valence-corrected chi connectivity index (χ2v) is 5.57. The smallest absolute Gasteiger partial charge is 0.409 e. The number of ether oxygens (including phenoxy) is 1. The number of halogens is 2. The molecule has 2 rings (SSSR count). The summed E-state index contributed by atoms with van der Waals surface area (Å²) in [5.41, 5.74) is 0.218. The third kappa shape index (κ3) is 3.92. The molecule has 5 nitrogen and oxygen atoms in total. The van der Waals surface area contributed by atoms with E-state index in [2.05, 4.69) is 0 Å². The summed E-state index contributed by atoms with van der Waals surface area (Å²) in [7, 11) is 3.15. The van der Waals surface area contributed by atoms with Crippen molar-refractivity contribution < 1.29 is 23.4 Å². The van der Waals surface area contributed by atoms with Crippen LogP contribution in [0.3, 0.4) is 0 Å². The van der Waals surface area contributed by atoms with Crippen LogP contribution in [0.4, 0.5) is 13.6 Å². The highest BCUT2D eigenvalue weighted by Gasteiger charge is 2.33. The minimum absolute atomic E-state index is 0.122. The topological polar surface area (TPSA) is 53.0 Å². The molecule has 1 heterocycles. The largest absolute Gasteiger partial charge is 0.448 e. The maximum atomic E-state index is 13.9. The van der Waals surface area contributed by atoms with Crippen molar-refractivity contribution in [3.8, 4) is 0 Å². The Morgan fingerprint density at radius 3 is 2.86 bits per heavy atom. The molecule has 1 aromatic carbocycles. The number of likely N-dealkylation sites (tertiary alicyclic amines) is 1. The van der Waals surface area contributed by atoms with Gasteiger partial charge >= 0.3 is 6.09 Å². The molecule has 0 saturated carbocycles. The van der Waals surface area contributed by atoms with E-state index in [-0.39, 0.29) is 12.2 Å². The van der Waals surface area contributed by atoms with Crippen LogP contribution < -0.4 is 0 Å². The van der Waals surface area contributed by atoms with Crippen molar-refractivity contribution in [1.29, 1.82) is 0 Å². The molecule has 0 unspecified atom stereocenters. The van der Waals surface area contributed by atoms with Crippen molar-refractivity contribution in [2.24, 2.45) is 0 Å². The first-order valence-corrected chi connectivity index (χ1v) is 7.09. The first kappa shape index (κ1) is 16.6. The Morgan fingerprint density at radius 2 is 2.18 bits per heavy atom. The maximum absolute atomic E-state index is 13.9. The lowest BCUT2D eigenvalue weighted by molar-refractivity contribution is 0.0980. The Bertz CT molecular complexity index is 540. The molecule has 0 aliphatic carbocycles. The van der Waals surface area contributed by atoms with Gasteiger partial charge in [0.05, 0.1) is 6.10 Å². The van der Waals surface area contributed by atoms with Gasteiger partial charge in [0.25, 0.3) is 0 Å². The zero-order valence-corrected chi connectivity index (χ0v) is 12.6. The standard InChI is InChI=1S/C15H20F2N2O3/c1-18(2)15(21)22-6-5-19-9-11(20)8-14(19)12-7-10(16)3-4-13(12)17/h3-4,7,11,14,20H,5-6,8-9H2,1-2H3/t11-,14-/m0/s1. The zero-order chi connectivity index (χ0) is 16.3. The number of aliphatic hydroxyl groups is 1. The van der Waals surface area contributed by atoms with Crippen molar-refractivity contribution >= 4 is 6.09 Å². The van der Waals surface area contributed by atoms with E-state index in [1.807, 2.05) is 0 Å². The molecule has 122 valence electrons. The molecule has 0 aromatic heterocycles. The van der Waals surface area contributed by atoms with Crippen LogP contribution in [0.2, 0.25) is 0 Å². The van der Waals surface area contributed by atoms with Crippen LogP contribution in [0.25, 0.3) is 0 Å². The van der Waals surface area contributed by atoms with Gasteiger partial charge in [-0.15, -0.1) is 0 Å². The van der Waals surface area contributed by atoms with Crippen molar-refractivity contribution in [2.75, 3.05) is 33.8 Å². The molecule has 22 heavy (non-hydrogen) atoms. The molecular formula is C15H20F2N2O3. The number of benzene rings is 1. The Kier molecular flexibility index (Phi) is 5.31. The van der Waals surface area contributed by atoms with Crippen LogP contribution in [0.5, 0.6) is 0 Å². The van der Waals surface area contributed by atoms with Gasteiger partial charge < -0.3 is 14.7 Å². The monoisotopic (exact) mass is 314 g/mol. The molecule has 0 bridgehead atoms. The highest BCUT2D eigenvalue weighted by molar-refractivity contribution is 5.66. The highest BCUT2D eigenvalue weighted by atomic mass is 19.1. The summed E-state index contributed by atoms with van der Waals surface area (Å²) in [6.45, 7) is 0.800. The Labute approximate surface area is 128 Å². The molecule has 1 fully saturated rings. The first-order chi connectivity index (χ1) is 10.4. The molecule has 1 amide bonds. The SMILES string of the molecule is CN(C)C(=O)OCCN1C[C@@H](O)C[C@H]1c1cc(F)ccc1F. The van der Waals surface area contributed by atoms with Crippen LogP contribution in [0.15, 0.2) is 18.2 Å². The maximum Gasteiger partial charge on any atom is 0.409 e. The van der Waals surface area contributed by atoms with Gasteiger partial charge in [-0.1, -0.05) is 0 Å². The zero-order valence-electron chi connectivity index (χ0n) is 12.6. The van der Waals surface area contributed by atoms with E-state index in [1.54, 1.807) is 19.0 Å². The van der Waals surface area contributed by atoms with Gasteiger partial charge in [-0.05, 0) is 24.6 Å². The summed E-state index contributed by atoms with van der Waals surface area (Å²) < 4.78 is 32.3. The van der Waals surface area contributed by atoms with E-state index in [0.29, 0.717) is 19.5 Å². The number of hydrogen-bond acceptors (Lipinski definition) is 4. The van der Waals surface area contributed by atoms with E-state index in [4.69, 9.17) is 4.74 Å². The molecule has 1 N–H and O–H groups in total. The van der Waals surface area contributed by atoms with Gasteiger partial charge in [-0.3, -0.25) is 4.90 Å². The van der Waals surface area contributed by atoms with E-state index < -0.39 is 29.9 Å². The quantitative estimate of drug-likeness (QED) is 0.920. The van der Waals surface area contributed by atoms with E-state index in [0.717, 1.165) is 18.2 Å². The number of hydrogen-bond donors (Lipinski definition) is 1. The highest BCUT2D eigenvalue weighted by Crippen LogP contribution is 2.33. The average Bonchev–Trinajstić information content (AvgIpc) is 2.82. The number of β-amino-alcohol motifs (C(OH)–C–C–N with tert-alkyl or cyclic N) is 1. The van der Waals surface area contributed by atoms with Crippen molar-refractivity contribution in [3.05, 3.63) is 35.4 Å². The van der Waals surface area contributed by atoms with Crippen LogP contribution in [0, 0.1) is 11.6 Å². The van der Waals surface area contributed by atoms with E-state index in [9.17, 15) is 18.7 Å². The lowest BCUT2D eigenvalue weighted by Crippen LogP contribution is -2.31. The Morgan fingerprint density at radius 1 is 1.45 bits per heavy atom. The minimum atomic E-state index is -0.614. The second kappa shape index (κ2) is 7.02. The molecule has 1 aliphatic rings. The molecule has 2 atom stereocenters. The fraction of sp³-hybridized carbons (Fsp3) is 0.533. The second-order valence-electron chi connectivity index (χ2n) is 5.57. The van der Waals surface area contributed by atoms with Gasteiger partial charge in [-0.25, -0.2) is 13.6 Å². The van der Waals surface area contributed by atoms with Crippen LogP contribution >= 0.6 is 0 Å². The van der Waals surface area contributed by atoms with Gasteiger partial charge in [-0.2, -0.15) is 0 Å². The molecule has 0 spiro atoms. The number of rotatable bonds is 4. The first-order valence-electron chi connectivity index (χ1n) is 7.09. The molecule has 1 aromatic rings. The fourth-order valence-corrected chi connectivity index (χ4v) is 2.60. The van der Waals surface area contributed by atoms with Gasteiger partial charge in [0.15, 0.2) is 0 Å². The van der Waals surface area contributed by atoms with Crippen molar-refractivity contribution in [1.82, 2.24) is 9.80 Å². The molecule has 1 aliphatic heterocycles. The number of nitrogens with zero attached hydrogens (tertiary/aromatic N) is 2. The predicted octanol–water partition coefficient (Wildman–Crippen LogP) is 1.77. The van der Waals surface area contributed by atoms with Crippen molar-refractivity contribution in [3.63, 3.8) is 0 Å². The number of carbonyl (C=O) groups is 1. The third-order valence-electron chi connectivity index (χ3n) is 3.67. The summed E-state index contributed by atoms with van der Waals surface area (Å²) in [4.78, 5) is 14.5. The van der Waals surface area contributed by atoms with Crippen LogP contribution in [-0.2, 0) is 4.74 Å². The predicted molar refractivity (Wildman–Crippen MR) is 76.3 cm³/mol. The lowest BCUT2D eigenvalue weighted by Gasteiger charge is -2.24. The summed E-state index contributed by atoms with van der Waals surface area (Å²) in [5, 5.41) is 9.81. The lowest BCUT2D eigenvalue weighted by atomic mass is 10.0. The van der Waals surface area contributed by atoms with E-state index >= 15 is 0 Å². The van der Waals surface area contributed by atoms with E-state index in [1.165, 1.54) is 4.90 Å².